The number of likely N-dealkylation sites (tertiary alicyclic amines) is 1. The zero-order valence-electron chi connectivity index (χ0n) is 25.6. The number of amides is 3. The Balaban J connectivity index is 1.10. The maximum atomic E-state index is 13.4. The number of fused-ring (bicyclic) bond motifs is 4. The molecule has 1 atom stereocenters. The molecular weight excluding hydrogens is 572 g/mol. The van der Waals surface area contributed by atoms with Gasteiger partial charge in [-0.15, -0.1) is 0 Å². The van der Waals surface area contributed by atoms with Gasteiger partial charge in [-0.25, -0.2) is 0 Å². The molecule has 3 amide bonds. The van der Waals surface area contributed by atoms with Crippen LogP contribution in [0.15, 0.2) is 60.7 Å². The van der Waals surface area contributed by atoms with Gasteiger partial charge in [0.1, 0.15) is 23.8 Å². The third-order valence-electron chi connectivity index (χ3n) is 9.38. The van der Waals surface area contributed by atoms with Gasteiger partial charge >= 0.3 is 0 Å². The van der Waals surface area contributed by atoms with Gasteiger partial charge in [-0.05, 0) is 80.4 Å². The summed E-state index contributed by atoms with van der Waals surface area (Å²) >= 11 is 0. The molecule has 0 saturated carbocycles. The van der Waals surface area contributed by atoms with Crippen LogP contribution in [0, 0.1) is 0 Å². The van der Waals surface area contributed by atoms with Crippen molar-refractivity contribution in [3.63, 3.8) is 0 Å². The van der Waals surface area contributed by atoms with Crippen LogP contribution in [-0.4, -0.2) is 73.7 Å². The number of ether oxygens (including phenoxy) is 2. The summed E-state index contributed by atoms with van der Waals surface area (Å²) in [7, 11) is 3.14. The molecule has 3 heterocycles. The maximum Gasteiger partial charge on any atom is 0.255 e. The minimum Gasteiger partial charge on any atom is -0.497 e. The molecule has 6 rings (SSSR count). The van der Waals surface area contributed by atoms with E-state index in [1.165, 1.54) is 0 Å². The molecule has 3 aromatic carbocycles. The van der Waals surface area contributed by atoms with Crippen LogP contribution in [0.5, 0.6) is 11.5 Å². The van der Waals surface area contributed by atoms with Crippen molar-refractivity contribution >= 4 is 29.7 Å². The number of nitrogens with one attached hydrogen (secondary N) is 2. The monoisotopic (exact) mass is 610 g/mol. The van der Waals surface area contributed by atoms with Gasteiger partial charge in [0.25, 0.3) is 11.8 Å². The highest BCUT2D eigenvalue weighted by atomic mass is 16.5. The average Bonchev–Trinajstić information content (AvgIpc) is 3.59. The molecule has 1 fully saturated rings. The van der Waals surface area contributed by atoms with Crippen molar-refractivity contribution in [2.45, 2.75) is 50.2 Å². The van der Waals surface area contributed by atoms with Gasteiger partial charge < -0.3 is 29.8 Å². The molecule has 2 N–H and O–H groups in total. The zero-order chi connectivity index (χ0) is 31.6. The van der Waals surface area contributed by atoms with Crippen LogP contribution in [0.3, 0.4) is 0 Å². The van der Waals surface area contributed by atoms with Crippen LogP contribution in [0.25, 0.3) is 0 Å². The Morgan fingerprint density at radius 2 is 1.87 bits per heavy atom. The molecule has 1 spiro atoms. The number of carbonyl (C=O) groups is 4. The van der Waals surface area contributed by atoms with E-state index in [2.05, 4.69) is 21.6 Å². The van der Waals surface area contributed by atoms with Gasteiger partial charge in [0.15, 0.2) is 0 Å². The van der Waals surface area contributed by atoms with Gasteiger partial charge in [0.05, 0.1) is 20.3 Å². The number of methoxy groups -OCH3 is 1. The van der Waals surface area contributed by atoms with Crippen molar-refractivity contribution < 1.29 is 28.7 Å². The second-order valence-electron chi connectivity index (χ2n) is 12.0. The van der Waals surface area contributed by atoms with Crippen molar-refractivity contribution in [3.05, 3.63) is 88.5 Å². The molecule has 3 aliphatic heterocycles. The number of anilines is 1. The first-order valence-electron chi connectivity index (χ1n) is 15.4. The molecular formula is C35H38N4O6. The molecule has 0 aromatic heterocycles. The Morgan fingerprint density at radius 1 is 1.09 bits per heavy atom. The topological polar surface area (TPSA) is 117 Å². The van der Waals surface area contributed by atoms with E-state index in [0.29, 0.717) is 30.0 Å². The first-order chi connectivity index (χ1) is 21.9. The summed E-state index contributed by atoms with van der Waals surface area (Å²) < 4.78 is 11.5. The highest BCUT2D eigenvalue weighted by molar-refractivity contribution is 6.04. The zero-order valence-corrected chi connectivity index (χ0v) is 25.6. The SMILES string of the molecule is CNC(=O)C(CCC=O)N1Cc2c(ccc3c2OCC32CCN(Cc3cccc(NC(=O)c4ccc(OC)cc4)c3)CC2)C1=O. The van der Waals surface area contributed by atoms with Crippen LogP contribution in [0.1, 0.15) is 63.1 Å². The van der Waals surface area contributed by atoms with Crippen molar-refractivity contribution in [1.29, 1.82) is 0 Å². The van der Waals surface area contributed by atoms with Crippen LogP contribution in [0.4, 0.5) is 5.69 Å². The van der Waals surface area contributed by atoms with Crippen LogP contribution in [0.2, 0.25) is 0 Å². The summed E-state index contributed by atoms with van der Waals surface area (Å²) in [6.07, 6.45) is 3.10. The van der Waals surface area contributed by atoms with Crippen molar-refractivity contribution in [2.75, 3.05) is 39.2 Å². The molecule has 0 radical (unpaired) electrons. The molecule has 10 heteroatoms. The molecule has 0 aliphatic carbocycles. The third kappa shape index (κ3) is 5.90. The summed E-state index contributed by atoms with van der Waals surface area (Å²) in [5.74, 6) is 0.839. The Kier molecular flexibility index (Phi) is 8.58. The van der Waals surface area contributed by atoms with Crippen LogP contribution in [-0.2, 0) is 28.1 Å². The number of hydrogen-bond acceptors (Lipinski definition) is 7. The fourth-order valence-corrected chi connectivity index (χ4v) is 6.83. The Hall–Kier alpha value is -4.70. The first kappa shape index (κ1) is 30.3. The lowest BCUT2D eigenvalue weighted by Gasteiger charge is -2.38. The Labute approximate surface area is 262 Å². The molecule has 234 valence electrons. The van der Waals surface area contributed by atoms with Crippen LogP contribution >= 0.6 is 0 Å². The number of nitrogens with zero attached hydrogens (tertiary/aromatic N) is 2. The van der Waals surface area contributed by atoms with E-state index < -0.39 is 6.04 Å². The predicted octanol–water partition coefficient (Wildman–Crippen LogP) is 3.92. The van der Waals surface area contributed by atoms with E-state index in [9.17, 15) is 19.2 Å². The van der Waals surface area contributed by atoms with E-state index in [-0.39, 0.29) is 36.0 Å². The molecule has 10 nitrogen and oxygen atoms in total. The smallest absolute Gasteiger partial charge is 0.255 e. The minimum atomic E-state index is -0.705. The molecule has 0 bridgehead atoms. The number of carbonyl (C=O) groups excluding carboxylic acids is 4. The lowest BCUT2D eigenvalue weighted by Crippen LogP contribution is -2.46. The van der Waals surface area contributed by atoms with E-state index >= 15 is 0 Å². The van der Waals surface area contributed by atoms with Crippen molar-refractivity contribution in [1.82, 2.24) is 15.1 Å². The number of rotatable bonds is 10. The minimum absolute atomic E-state index is 0.122. The second kappa shape index (κ2) is 12.7. The second-order valence-corrected chi connectivity index (χ2v) is 12.0. The Bertz CT molecular complexity index is 1610. The summed E-state index contributed by atoms with van der Waals surface area (Å²) in [6.45, 7) is 3.40. The lowest BCUT2D eigenvalue weighted by atomic mass is 9.74. The maximum absolute atomic E-state index is 13.4. The van der Waals surface area contributed by atoms with Gasteiger partial charge in [-0.1, -0.05) is 18.2 Å². The fraction of sp³-hybridized carbons (Fsp3) is 0.371. The highest BCUT2D eigenvalue weighted by Crippen LogP contribution is 2.49. The summed E-state index contributed by atoms with van der Waals surface area (Å²) in [5.41, 5.74) is 4.87. The number of hydrogen-bond donors (Lipinski definition) is 2. The average molecular weight is 611 g/mol. The molecule has 3 aliphatic rings. The normalized spacial score (nSPS) is 17.3. The van der Waals surface area contributed by atoms with E-state index in [0.717, 1.165) is 66.9 Å². The lowest BCUT2D eigenvalue weighted by molar-refractivity contribution is -0.125. The highest BCUT2D eigenvalue weighted by Gasteiger charge is 2.47. The van der Waals surface area contributed by atoms with Gasteiger partial charge in [-0.3, -0.25) is 19.3 Å². The molecule has 1 saturated heterocycles. The number of aldehydes is 1. The van der Waals surface area contributed by atoms with Crippen LogP contribution < -0.4 is 20.1 Å². The fourth-order valence-electron chi connectivity index (χ4n) is 6.83. The Morgan fingerprint density at radius 3 is 2.58 bits per heavy atom. The third-order valence-corrected chi connectivity index (χ3v) is 9.38. The summed E-state index contributed by atoms with van der Waals surface area (Å²) in [4.78, 5) is 53.7. The van der Waals surface area contributed by atoms with E-state index in [4.69, 9.17) is 9.47 Å². The molecule has 45 heavy (non-hydrogen) atoms. The van der Waals surface area contributed by atoms with E-state index in [1.54, 1.807) is 43.3 Å². The van der Waals surface area contributed by atoms with Gasteiger partial charge in [0, 0.05) is 53.4 Å². The van der Waals surface area contributed by atoms with Gasteiger partial charge in [0.2, 0.25) is 5.91 Å². The predicted molar refractivity (Wildman–Crippen MR) is 169 cm³/mol. The number of piperidine rings is 1. The summed E-state index contributed by atoms with van der Waals surface area (Å²) in [6, 6.07) is 18.2. The molecule has 1 unspecified atom stereocenters. The van der Waals surface area contributed by atoms with Crippen molar-refractivity contribution in [2.24, 2.45) is 0 Å². The molecule has 3 aromatic rings. The number of benzene rings is 3. The quantitative estimate of drug-likeness (QED) is 0.334. The van der Waals surface area contributed by atoms with E-state index in [1.807, 2.05) is 30.3 Å². The standard InChI is InChI=1S/C35H38N4O6/c1-36-33(42)30(7-4-18-40)39-21-28-27(34(39)43)12-13-29-31(28)45-22-35(29)14-16-38(17-15-35)20-23-5-3-6-25(19-23)37-32(41)24-8-10-26(44-2)11-9-24/h3,5-6,8-13,18-19,30H,4,7,14-17,20-22H2,1-2H3,(H,36,42)(H,37,41). The number of likely N-dealkylation sites (N-methyl/N-ethyl adjacent to an activating group) is 1. The largest absolute Gasteiger partial charge is 0.497 e. The van der Waals surface area contributed by atoms with Crippen molar-refractivity contribution in [3.8, 4) is 11.5 Å². The summed E-state index contributed by atoms with van der Waals surface area (Å²) in [5, 5.41) is 5.63. The van der Waals surface area contributed by atoms with Gasteiger partial charge in [-0.2, -0.15) is 0 Å². The first-order valence-corrected chi connectivity index (χ1v) is 15.4.